The average Bonchev–Trinajstić information content (AvgIpc) is 3.20. The van der Waals surface area contributed by atoms with Crippen molar-refractivity contribution in [3.63, 3.8) is 0 Å². The minimum atomic E-state index is -1.23. The van der Waals surface area contributed by atoms with Crippen molar-refractivity contribution in [1.29, 1.82) is 0 Å². The second kappa shape index (κ2) is 14.7. The molecule has 0 saturated carbocycles. The van der Waals surface area contributed by atoms with Gasteiger partial charge in [-0.3, -0.25) is 14.6 Å². The molecule has 8 rings (SSSR count). The highest BCUT2D eigenvalue weighted by Crippen LogP contribution is 2.44. The van der Waals surface area contributed by atoms with Crippen molar-refractivity contribution in [3.05, 3.63) is 147 Å². The highest BCUT2D eigenvalue weighted by atomic mass is 16.4. The molecule has 0 radical (unpaired) electrons. The Hall–Kier alpha value is -7.73. The molecule has 0 spiro atoms. The minimum absolute atomic E-state index is 0.0660. The van der Waals surface area contributed by atoms with Crippen molar-refractivity contribution in [1.82, 2.24) is 5.32 Å². The van der Waals surface area contributed by atoms with Crippen molar-refractivity contribution < 1.29 is 38.5 Å². The molecule has 2 aliphatic heterocycles. The molecule has 288 valence electrons. The topological polar surface area (TPSA) is 183 Å². The number of phenolic OH excluding ortho intramolecular Hbond substituents is 1. The number of nitrogens with one attached hydrogen (secondary N) is 1. The number of hydrogen-bond acceptors (Lipinski definition) is 9. The number of aromatic hydroxyl groups is 1. The van der Waals surface area contributed by atoms with Crippen LogP contribution in [0.4, 0.5) is 5.69 Å². The molecule has 2 aliphatic carbocycles. The van der Waals surface area contributed by atoms with Crippen LogP contribution in [0.1, 0.15) is 43.6 Å². The van der Waals surface area contributed by atoms with Gasteiger partial charge in [0.05, 0.1) is 16.5 Å². The van der Waals surface area contributed by atoms with Crippen LogP contribution in [0.15, 0.2) is 128 Å². The summed E-state index contributed by atoms with van der Waals surface area (Å²) in [7, 11) is 3.83. The molecule has 58 heavy (non-hydrogen) atoms. The maximum atomic E-state index is 13.6. The molecule has 4 aromatic carbocycles. The lowest BCUT2D eigenvalue weighted by atomic mass is 9.89. The molecular weight excluding hydrogens is 739 g/mol. The molecule has 12 heteroatoms. The van der Waals surface area contributed by atoms with Crippen molar-refractivity contribution in [3.8, 4) is 50.7 Å². The van der Waals surface area contributed by atoms with Crippen molar-refractivity contribution in [2.45, 2.75) is 13.5 Å². The van der Waals surface area contributed by atoms with Crippen LogP contribution in [-0.4, -0.2) is 53.8 Å². The monoisotopic (exact) mass is 773 g/mol. The normalized spacial score (nSPS) is 11.7. The van der Waals surface area contributed by atoms with Gasteiger partial charge in [-0.25, -0.2) is 9.59 Å². The number of carbonyl (C=O) groups is 3. The van der Waals surface area contributed by atoms with Gasteiger partial charge in [-0.1, -0.05) is 18.2 Å². The molecule has 4 N–H and O–H groups in total. The van der Waals surface area contributed by atoms with E-state index in [-0.39, 0.29) is 45.8 Å². The van der Waals surface area contributed by atoms with Crippen LogP contribution in [0.25, 0.3) is 66.8 Å². The summed E-state index contributed by atoms with van der Waals surface area (Å²) in [6, 6.07) is 29.2. The van der Waals surface area contributed by atoms with E-state index in [0.29, 0.717) is 67.6 Å². The summed E-state index contributed by atoms with van der Waals surface area (Å²) >= 11 is 0. The molecule has 4 aromatic rings. The molecule has 0 saturated heterocycles. The predicted octanol–water partition coefficient (Wildman–Crippen LogP) is 8.10. The van der Waals surface area contributed by atoms with Crippen LogP contribution in [0.3, 0.4) is 0 Å². The maximum Gasteiger partial charge on any atom is 0.336 e. The number of carbonyl (C=O) groups excluding carboxylic acids is 1. The van der Waals surface area contributed by atoms with E-state index in [4.69, 9.17) is 8.83 Å². The number of carboxylic acids is 2. The Morgan fingerprint density at radius 2 is 1.28 bits per heavy atom. The second-order valence-electron chi connectivity index (χ2n) is 14.0. The third-order valence-corrected chi connectivity index (χ3v) is 10.0. The van der Waals surface area contributed by atoms with Crippen molar-refractivity contribution in [2.24, 2.45) is 4.99 Å². The standard InChI is InChI=1S/C46H35N3O9/c1-4-47-26-7-13-32-38(19-26)57-39-20-27(49(2)3)8-14-33(39)43(32)31-12-6-25(18-37(31)46(55)56)44(52)48-23-24-5-11-30(36(17-24)45(53)54)42-34-15-9-28(50)21-40(34)58-41-22-29(51)10-16-35(41)42/h5-22,50H,4,23H2,1-3H3,(H,48,52)(H,53,54)(H,55,56)/b47-26+. The Labute approximate surface area is 330 Å². The molecule has 2 heterocycles. The Kier molecular flexibility index (Phi) is 9.45. The zero-order valence-corrected chi connectivity index (χ0v) is 31.5. The van der Waals surface area contributed by atoms with E-state index in [2.05, 4.69) is 10.3 Å². The van der Waals surface area contributed by atoms with Gasteiger partial charge in [-0.15, -0.1) is 0 Å². The van der Waals surface area contributed by atoms with Gasteiger partial charge in [0.25, 0.3) is 5.91 Å². The zero-order chi connectivity index (χ0) is 40.8. The van der Waals surface area contributed by atoms with Crippen LogP contribution >= 0.6 is 0 Å². The van der Waals surface area contributed by atoms with Gasteiger partial charge in [0.1, 0.15) is 28.4 Å². The zero-order valence-electron chi connectivity index (χ0n) is 31.5. The van der Waals surface area contributed by atoms with E-state index in [9.17, 15) is 34.5 Å². The fraction of sp³-hybridized carbons (Fsp3) is 0.109. The number of nitrogens with zero attached hydrogens (tertiary/aromatic N) is 2. The summed E-state index contributed by atoms with van der Waals surface area (Å²) in [5.41, 5.74) is 4.83. The molecule has 12 nitrogen and oxygen atoms in total. The number of carboxylic acid groups (broad SMARTS) is 2. The highest BCUT2D eigenvalue weighted by Gasteiger charge is 2.25. The molecule has 0 fully saturated rings. The quantitative estimate of drug-likeness (QED) is 0.105. The minimum Gasteiger partial charge on any atom is -0.508 e. The van der Waals surface area contributed by atoms with E-state index in [0.717, 1.165) is 11.0 Å². The number of anilines is 1. The number of amides is 1. The third-order valence-electron chi connectivity index (χ3n) is 10.0. The molecule has 0 aromatic heterocycles. The van der Waals surface area contributed by atoms with Gasteiger partial charge >= 0.3 is 11.9 Å². The van der Waals surface area contributed by atoms with Crippen molar-refractivity contribution in [2.75, 3.05) is 25.5 Å². The van der Waals surface area contributed by atoms with E-state index < -0.39 is 17.8 Å². The molecule has 0 unspecified atom stereocenters. The summed E-state index contributed by atoms with van der Waals surface area (Å²) in [5.74, 6) is -2.34. The van der Waals surface area contributed by atoms with Crippen LogP contribution in [-0.2, 0) is 6.54 Å². The van der Waals surface area contributed by atoms with Gasteiger partial charge < -0.3 is 34.4 Å². The first-order chi connectivity index (χ1) is 27.9. The fourth-order valence-electron chi connectivity index (χ4n) is 7.33. The Bertz CT molecular complexity index is 3050. The van der Waals surface area contributed by atoms with Crippen LogP contribution in [0.5, 0.6) is 5.75 Å². The number of aromatic carboxylic acids is 2. The average molecular weight is 774 g/mol. The Morgan fingerprint density at radius 1 is 0.672 bits per heavy atom. The summed E-state index contributed by atoms with van der Waals surface area (Å²) in [4.78, 5) is 57.9. The van der Waals surface area contributed by atoms with Gasteiger partial charge in [0.15, 0.2) is 5.43 Å². The van der Waals surface area contributed by atoms with Crippen LogP contribution < -0.4 is 21.0 Å². The number of phenols is 1. The molecular formula is C46H35N3O9. The second-order valence-corrected chi connectivity index (χ2v) is 14.0. The summed E-state index contributed by atoms with van der Waals surface area (Å²) in [6.07, 6.45) is 0. The summed E-state index contributed by atoms with van der Waals surface area (Å²) in [5, 5.41) is 35.8. The lowest BCUT2D eigenvalue weighted by molar-refractivity contribution is 0.0686. The van der Waals surface area contributed by atoms with Gasteiger partial charge in [0.2, 0.25) is 0 Å². The van der Waals surface area contributed by atoms with E-state index in [1.807, 2.05) is 62.3 Å². The first kappa shape index (κ1) is 37.2. The highest BCUT2D eigenvalue weighted by molar-refractivity contribution is 6.10. The smallest absolute Gasteiger partial charge is 0.336 e. The summed E-state index contributed by atoms with van der Waals surface area (Å²) in [6.45, 7) is 2.44. The van der Waals surface area contributed by atoms with Crippen LogP contribution in [0.2, 0.25) is 0 Å². The molecule has 1 amide bonds. The largest absolute Gasteiger partial charge is 0.508 e. The first-order valence-electron chi connectivity index (χ1n) is 18.3. The van der Waals surface area contributed by atoms with Gasteiger partial charge in [0, 0.05) is 95.7 Å². The SMILES string of the molecule is CC/N=c1\ccc2c(-c3ccc(C(=O)NCc4ccc(-c5c6ccc(=O)cc-6oc6cc(O)ccc56)c(C(=O)O)c4)cc3C(=O)O)c3ccc(N(C)C)cc3oc-2c1. The van der Waals surface area contributed by atoms with E-state index in [1.54, 1.807) is 36.4 Å². The predicted molar refractivity (Wildman–Crippen MR) is 220 cm³/mol. The number of fused-ring (bicyclic) bond motifs is 4. The van der Waals surface area contributed by atoms with Crippen molar-refractivity contribution >= 4 is 45.5 Å². The van der Waals surface area contributed by atoms with Gasteiger partial charge in [-0.05, 0) is 90.3 Å². The molecule has 0 bridgehead atoms. The number of hydrogen-bond donors (Lipinski definition) is 4. The Morgan fingerprint density at radius 3 is 1.95 bits per heavy atom. The van der Waals surface area contributed by atoms with Gasteiger partial charge in [-0.2, -0.15) is 0 Å². The van der Waals surface area contributed by atoms with Crippen LogP contribution in [0, 0.1) is 0 Å². The molecule has 0 atom stereocenters. The third kappa shape index (κ3) is 6.76. The summed E-state index contributed by atoms with van der Waals surface area (Å²) < 4.78 is 12.3. The molecule has 4 aliphatic rings. The number of rotatable bonds is 9. The maximum absolute atomic E-state index is 13.6. The van der Waals surface area contributed by atoms with E-state index >= 15 is 0 Å². The van der Waals surface area contributed by atoms with E-state index in [1.165, 1.54) is 36.4 Å². The number of benzene rings is 6. The first-order valence-corrected chi connectivity index (χ1v) is 18.3. The Balaban J connectivity index is 1.15. The lowest BCUT2D eigenvalue weighted by Gasteiger charge is -2.19. The fourth-order valence-corrected chi connectivity index (χ4v) is 7.33. The lowest BCUT2D eigenvalue weighted by Crippen LogP contribution is -2.23.